The minimum absolute atomic E-state index is 0.307. The third-order valence-electron chi connectivity index (χ3n) is 3.78. The molecule has 3 heteroatoms. The highest BCUT2D eigenvalue weighted by atomic mass is 16.5. The number of hydrogen-bond donors (Lipinski definition) is 2. The molecule has 0 aromatic heterocycles. The Morgan fingerprint density at radius 1 is 1.29 bits per heavy atom. The van der Waals surface area contributed by atoms with E-state index in [1.807, 2.05) is 13.8 Å². The zero-order valence-electron chi connectivity index (χ0n) is 10.8. The van der Waals surface area contributed by atoms with Crippen LogP contribution in [-0.4, -0.2) is 25.3 Å². The molecule has 1 fully saturated rings. The summed E-state index contributed by atoms with van der Waals surface area (Å²) in [6.45, 7) is 6.06. The van der Waals surface area contributed by atoms with Crippen LogP contribution in [0.5, 0.6) is 11.5 Å². The van der Waals surface area contributed by atoms with Crippen molar-refractivity contribution in [2.45, 2.75) is 32.6 Å². The van der Waals surface area contributed by atoms with E-state index in [-0.39, 0.29) is 0 Å². The number of nitrogens with one attached hydrogen (secondary N) is 1. The van der Waals surface area contributed by atoms with E-state index in [1.54, 1.807) is 7.11 Å². The molecule has 3 nitrogen and oxygen atoms in total. The van der Waals surface area contributed by atoms with Gasteiger partial charge in [-0.05, 0) is 56.8 Å². The first kappa shape index (κ1) is 12.2. The molecular formula is C14H21NO2. The fourth-order valence-corrected chi connectivity index (χ4v) is 2.55. The molecule has 1 aromatic carbocycles. The van der Waals surface area contributed by atoms with Crippen LogP contribution in [0.25, 0.3) is 0 Å². The van der Waals surface area contributed by atoms with Crippen molar-refractivity contribution < 1.29 is 9.84 Å². The topological polar surface area (TPSA) is 41.5 Å². The van der Waals surface area contributed by atoms with Crippen LogP contribution < -0.4 is 10.1 Å². The van der Waals surface area contributed by atoms with Crippen LogP contribution >= 0.6 is 0 Å². The van der Waals surface area contributed by atoms with Crippen molar-refractivity contribution in [1.82, 2.24) is 5.32 Å². The largest absolute Gasteiger partial charge is 0.504 e. The maximum Gasteiger partial charge on any atom is 0.164 e. The van der Waals surface area contributed by atoms with Gasteiger partial charge in [-0.15, -0.1) is 0 Å². The van der Waals surface area contributed by atoms with E-state index >= 15 is 0 Å². The highest BCUT2D eigenvalue weighted by molar-refractivity contribution is 5.55. The van der Waals surface area contributed by atoms with Gasteiger partial charge in [0.25, 0.3) is 0 Å². The van der Waals surface area contributed by atoms with Gasteiger partial charge in [0.05, 0.1) is 7.11 Å². The zero-order chi connectivity index (χ0) is 12.4. The Morgan fingerprint density at radius 3 is 2.53 bits per heavy atom. The highest BCUT2D eigenvalue weighted by Crippen LogP contribution is 2.41. The van der Waals surface area contributed by atoms with E-state index in [9.17, 15) is 5.11 Å². The van der Waals surface area contributed by atoms with Crippen LogP contribution in [0.15, 0.2) is 6.07 Å². The number of phenolic OH excluding ortho intramolecular Hbond substituents is 1. The van der Waals surface area contributed by atoms with Crippen molar-refractivity contribution in [1.29, 1.82) is 0 Å². The average molecular weight is 235 g/mol. The molecule has 0 spiro atoms. The number of benzene rings is 1. The summed E-state index contributed by atoms with van der Waals surface area (Å²) in [6.07, 6.45) is 2.22. The van der Waals surface area contributed by atoms with Gasteiger partial charge in [0, 0.05) is 5.56 Å². The minimum Gasteiger partial charge on any atom is -0.504 e. The minimum atomic E-state index is 0.307. The maximum absolute atomic E-state index is 10.1. The third-order valence-corrected chi connectivity index (χ3v) is 3.78. The van der Waals surface area contributed by atoms with Gasteiger partial charge in [-0.25, -0.2) is 0 Å². The first-order chi connectivity index (χ1) is 8.15. The first-order valence-corrected chi connectivity index (χ1v) is 6.23. The first-order valence-electron chi connectivity index (χ1n) is 6.23. The molecule has 2 N–H and O–H groups in total. The second-order valence-electron chi connectivity index (χ2n) is 4.81. The molecule has 0 unspecified atom stereocenters. The van der Waals surface area contributed by atoms with E-state index in [2.05, 4.69) is 11.4 Å². The third kappa shape index (κ3) is 2.25. The Balaban J connectivity index is 2.44. The SMILES string of the molecule is COc1c(C2CCNCC2)cc(C)c(C)c1O. The van der Waals surface area contributed by atoms with E-state index in [0.29, 0.717) is 17.4 Å². The van der Waals surface area contributed by atoms with Crippen LogP contribution in [0.2, 0.25) is 0 Å². The molecule has 0 atom stereocenters. The summed E-state index contributed by atoms with van der Waals surface area (Å²) in [4.78, 5) is 0. The molecule has 0 amide bonds. The van der Waals surface area contributed by atoms with E-state index in [0.717, 1.165) is 42.6 Å². The summed E-state index contributed by atoms with van der Waals surface area (Å²) >= 11 is 0. The molecule has 0 aliphatic carbocycles. The summed E-state index contributed by atoms with van der Waals surface area (Å²) in [6, 6.07) is 2.17. The fourth-order valence-electron chi connectivity index (χ4n) is 2.55. The van der Waals surface area contributed by atoms with Crippen molar-refractivity contribution in [2.75, 3.05) is 20.2 Å². The number of hydrogen-bond acceptors (Lipinski definition) is 3. The Bertz CT molecular complexity index is 409. The lowest BCUT2D eigenvalue weighted by atomic mass is 9.87. The molecule has 1 aliphatic heterocycles. The molecule has 17 heavy (non-hydrogen) atoms. The monoisotopic (exact) mass is 235 g/mol. The van der Waals surface area contributed by atoms with Crippen molar-refractivity contribution in [3.05, 3.63) is 22.8 Å². The number of aromatic hydroxyl groups is 1. The van der Waals surface area contributed by atoms with Crippen molar-refractivity contribution >= 4 is 0 Å². The molecule has 2 rings (SSSR count). The van der Waals surface area contributed by atoms with Gasteiger partial charge < -0.3 is 15.2 Å². The quantitative estimate of drug-likeness (QED) is 0.827. The van der Waals surface area contributed by atoms with Gasteiger partial charge in [-0.2, -0.15) is 0 Å². The predicted molar refractivity (Wildman–Crippen MR) is 69.0 cm³/mol. The van der Waals surface area contributed by atoms with Gasteiger partial charge in [0.1, 0.15) is 0 Å². The lowest BCUT2D eigenvalue weighted by Gasteiger charge is -2.26. The van der Waals surface area contributed by atoms with Gasteiger partial charge in [-0.1, -0.05) is 6.07 Å². The number of piperidine rings is 1. The standard InChI is InChI=1S/C14H21NO2/c1-9-8-12(11-4-6-15-7-5-11)14(17-3)13(16)10(9)2/h8,11,15-16H,4-7H2,1-3H3. The number of rotatable bonds is 2. The maximum atomic E-state index is 10.1. The molecule has 0 radical (unpaired) electrons. The lowest BCUT2D eigenvalue weighted by Crippen LogP contribution is -2.26. The number of methoxy groups -OCH3 is 1. The van der Waals surface area contributed by atoms with Crippen LogP contribution in [0.3, 0.4) is 0 Å². The lowest BCUT2D eigenvalue weighted by molar-refractivity contribution is 0.357. The molecular weight excluding hydrogens is 214 g/mol. The molecule has 1 saturated heterocycles. The number of aryl methyl sites for hydroxylation is 1. The van der Waals surface area contributed by atoms with Gasteiger partial charge in [0.15, 0.2) is 11.5 Å². The molecule has 1 heterocycles. The molecule has 1 aliphatic rings. The molecule has 0 saturated carbocycles. The molecule has 0 bridgehead atoms. The second-order valence-corrected chi connectivity index (χ2v) is 4.81. The van der Waals surface area contributed by atoms with Crippen molar-refractivity contribution in [3.63, 3.8) is 0 Å². The summed E-state index contributed by atoms with van der Waals surface area (Å²) in [7, 11) is 1.63. The van der Waals surface area contributed by atoms with Crippen LogP contribution in [0.4, 0.5) is 0 Å². The zero-order valence-corrected chi connectivity index (χ0v) is 10.8. The van der Waals surface area contributed by atoms with E-state index in [1.165, 1.54) is 0 Å². The van der Waals surface area contributed by atoms with E-state index < -0.39 is 0 Å². The van der Waals surface area contributed by atoms with Gasteiger partial charge in [0.2, 0.25) is 0 Å². The van der Waals surface area contributed by atoms with Crippen molar-refractivity contribution in [3.8, 4) is 11.5 Å². The Morgan fingerprint density at radius 2 is 1.94 bits per heavy atom. The number of ether oxygens (including phenoxy) is 1. The molecule has 1 aromatic rings. The predicted octanol–water partition coefficient (Wildman–Crippen LogP) is 2.48. The summed E-state index contributed by atoms with van der Waals surface area (Å²) in [5, 5.41) is 13.5. The second kappa shape index (κ2) is 4.96. The smallest absolute Gasteiger partial charge is 0.164 e. The Labute approximate surface area is 103 Å². The summed E-state index contributed by atoms with van der Waals surface area (Å²) in [5.41, 5.74) is 3.21. The summed E-state index contributed by atoms with van der Waals surface area (Å²) in [5.74, 6) is 1.47. The van der Waals surface area contributed by atoms with Crippen LogP contribution in [-0.2, 0) is 0 Å². The highest BCUT2D eigenvalue weighted by Gasteiger charge is 2.22. The van der Waals surface area contributed by atoms with Crippen LogP contribution in [0, 0.1) is 13.8 Å². The van der Waals surface area contributed by atoms with Crippen LogP contribution in [0.1, 0.15) is 35.4 Å². The number of phenols is 1. The normalized spacial score (nSPS) is 17.1. The van der Waals surface area contributed by atoms with Crippen molar-refractivity contribution in [2.24, 2.45) is 0 Å². The Kier molecular flexibility index (Phi) is 3.57. The fraction of sp³-hybridized carbons (Fsp3) is 0.571. The Hall–Kier alpha value is -1.22. The van der Waals surface area contributed by atoms with Gasteiger partial charge >= 0.3 is 0 Å². The molecule has 94 valence electrons. The van der Waals surface area contributed by atoms with Gasteiger partial charge in [-0.3, -0.25) is 0 Å². The average Bonchev–Trinajstić information content (AvgIpc) is 2.36. The van der Waals surface area contributed by atoms with E-state index in [4.69, 9.17) is 4.74 Å². The summed E-state index contributed by atoms with van der Waals surface area (Å²) < 4.78 is 5.39.